The lowest BCUT2D eigenvalue weighted by Crippen LogP contribution is -2.38. The standard InChI is InChI=1S/C16H24F3N3O3/c1-4-24-8-7-21-15(20-2)22-10-12-5-6-13(14(9-12)23-3)25-11-16(17,18)19/h5-6,9H,4,7-8,10-11H2,1-3H3,(H2,20,21,22). The van der Waals surface area contributed by atoms with Gasteiger partial charge in [0, 0.05) is 26.7 Å². The van der Waals surface area contributed by atoms with E-state index in [2.05, 4.69) is 15.6 Å². The maximum absolute atomic E-state index is 12.3. The first kappa shape index (κ1) is 20.9. The van der Waals surface area contributed by atoms with Crippen molar-refractivity contribution in [1.82, 2.24) is 10.6 Å². The highest BCUT2D eigenvalue weighted by atomic mass is 19.4. The molecule has 6 nitrogen and oxygen atoms in total. The van der Waals surface area contributed by atoms with Crippen LogP contribution in [0.4, 0.5) is 13.2 Å². The summed E-state index contributed by atoms with van der Waals surface area (Å²) in [6, 6.07) is 4.73. The van der Waals surface area contributed by atoms with E-state index in [0.29, 0.717) is 32.3 Å². The van der Waals surface area contributed by atoms with Crippen molar-refractivity contribution in [3.8, 4) is 11.5 Å². The fraction of sp³-hybridized carbons (Fsp3) is 0.562. The third-order valence-corrected chi connectivity index (χ3v) is 3.05. The van der Waals surface area contributed by atoms with E-state index in [1.807, 2.05) is 6.92 Å². The fourth-order valence-electron chi connectivity index (χ4n) is 1.89. The molecule has 0 amide bonds. The van der Waals surface area contributed by atoms with Crippen molar-refractivity contribution in [2.24, 2.45) is 4.99 Å². The van der Waals surface area contributed by atoms with Crippen LogP contribution in [0.25, 0.3) is 0 Å². The number of alkyl halides is 3. The van der Waals surface area contributed by atoms with E-state index >= 15 is 0 Å². The molecule has 1 aromatic carbocycles. The number of hydrogen-bond acceptors (Lipinski definition) is 4. The van der Waals surface area contributed by atoms with E-state index in [0.717, 1.165) is 5.56 Å². The van der Waals surface area contributed by atoms with Crippen LogP contribution in [0.1, 0.15) is 12.5 Å². The quantitative estimate of drug-likeness (QED) is 0.401. The second kappa shape index (κ2) is 10.7. The van der Waals surface area contributed by atoms with Crippen molar-refractivity contribution < 1.29 is 27.4 Å². The van der Waals surface area contributed by atoms with Crippen LogP contribution in [0, 0.1) is 0 Å². The van der Waals surface area contributed by atoms with E-state index in [4.69, 9.17) is 14.2 Å². The molecule has 2 N–H and O–H groups in total. The molecule has 0 bridgehead atoms. The monoisotopic (exact) mass is 363 g/mol. The SMILES string of the molecule is CCOCCNC(=NC)NCc1ccc(OCC(F)(F)F)c(OC)c1. The van der Waals surface area contributed by atoms with Crippen LogP contribution in [-0.4, -0.2) is 52.7 Å². The van der Waals surface area contributed by atoms with Crippen LogP contribution in [0.2, 0.25) is 0 Å². The van der Waals surface area contributed by atoms with Crippen LogP contribution < -0.4 is 20.1 Å². The van der Waals surface area contributed by atoms with Crippen molar-refractivity contribution in [3.63, 3.8) is 0 Å². The smallest absolute Gasteiger partial charge is 0.422 e. The fourth-order valence-corrected chi connectivity index (χ4v) is 1.89. The number of aliphatic imine (C=N–C) groups is 1. The van der Waals surface area contributed by atoms with Crippen LogP contribution in [0.5, 0.6) is 11.5 Å². The van der Waals surface area contributed by atoms with Crippen LogP contribution >= 0.6 is 0 Å². The van der Waals surface area contributed by atoms with E-state index in [1.54, 1.807) is 19.2 Å². The van der Waals surface area contributed by atoms with Crippen LogP contribution in [0.3, 0.4) is 0 Å². The average Bonchev–Trinajstić information content (AvgIpc) is 2.59. The predicted molar refractivity (Wildman–Crippen MR) is 89.2 cm³/mol. The molecule has 0 unspecified atom stereocenters. The lowest BCUT2D eigenvalue weighted by molar-refractivity contribution is -0.153. The first-order valence-electron chi connectivity index (χ1n) is 7.78. The number of methoxy groups -OCH3 is 1. The molecular weight excluding hydrogens is 339 g/mol. The molecule has 0 heterocycles. The lowest BCUT2D eigenvalue weighted by Gasteiger charge is -2.15. The summed E-state index contributed by atoms with van der Waals surface area (Å²) < 4.78 is 51.8. The molecule has 0 saturated carbocycles. The third-order valence-electron chi connectivity index (χ3n) is 3.05. The molecule has 0 spiro atoms. The van der Waals surface area contributed by atoms with Gasteiger partial charge < -0.3 is 24.8 Å². The van der Waals surface area contributed by atoms with E-state index in [1.165, 1.54) is 13.2 Å². The van der Waals surface area contributed by atoms with Gasteiger partial charge in [-0.1, -0.05) is 6.07 Å². The van der Waals surface area contributed by atoms with Gasteiger partial charge in [-0.25, -0.2) is 0 Å². The third kappa shape index (κ3) is 8.48. The number of nitrogens with one attached hydrogen (secondary N) is 2. The Balaban J connectivity index is 2.58. The zero-order valence-corrected chi connectivity index (χ0v) is 14.6. The molecule has 0 aliphatic carbocycles. The van der Waals surface area contributed by atoms with Gasteiger partial charge in [-0.05, 0) is 24.6 Å². The van der Waals surface area contributed by atoms with Gasteiger partial charge in [0.05, 0.1) is 13.7 Å². The second-order valence-corrected chi connectivity index (χ2v) is 4.94. The molecule has 1 aromatic rings. The summed E-state index contributed by atoms with van der Waals surface area (Å²) in [5.74, 6) is 0.877. The summed E-state index contributed by atoms with van der Waals surface area (Å²) in [5, 5.41) is 6.18. The van der Waals surface area contributed by atoms with Gasteiger partial charge in [0.1, 0.15) is 0 Å². The normalized spacial score (nSPS) is 12.0. The summed E-state index contributed by atoms with van der Waals surface area (Å²) in [6.07, 6.45) is -4.40. The Morgan fingerprint density at radius 3 is 2.56 bits per heavy atom. The zero-order chi connectivity index (χ0) is 18.7. The molecule has 25 heavy (non-hydrogen) atoms. The maximum atomic E-state index is 12.3. The van der Waals surface area contributed by atoms with Gasteiger partial charge in [0.15, 0.2) is 24.1 Å². The number of ether oxygens (including phenoxy) is 3. The number of hydrogen-bond donors (Lipinski definition) is 2. The number of halogens is 3. The van der Waals surface area contributed by atoms with Crippen molar-refractivity contribution in [2.75, 3.05) is 40.5 Å². The van der Waals surface area contributed by atoms with Gasteiger partial charge in [-0.2, -0.15) is 13.2 Å². The number of rotatable bonds is 9. The molecule has 0 radical (unpaired) electrons. The minimum atomic E-state index is -4.40. The highest BCUT2D eigenvalue weighted by Gasteiger charge is 2.29. The molecule has 0 saturated heterocycles. The molecule has 0 aromatic heterocycles. The molecule has 0 atom stereocenters. The number of guanidine groups is 1. The molecule has 1 rings (SSSR count). The molecule has 0 aliphatic rings. The Hall–Kier alpha value is -2.16. The Kier molecular flexibility index (Phi) is 8.90. The minimum Gasteiger partial charge on any atom is -0.493 e. The minimum absolute atomic E-state index is 0.0443. The van der Waals surface area contributed by atoms with Crippen molar-refractivity contribution in [3.05, 3.63) is 23.8 Å². The maximum Gasteiger partial charge on any atom is 0.422 e. The summed E-state index contributed by atoms with van der Waals surface area (Å²) in [6.45, 7) is 2.80. The highest BCUT2D eigenvalue weighted by Crippen LogP contribution is 2.29. The topological polar surface area (TPSA) is 64.1 Å². The van der Waals surface area contributed by atoms with E-state index in [-0.39, 0.29) is 11.5 Å². The zero-order valence-electron chi connectivity index (χ0n) is 14.6. The summed E-state index contributed by atoms with van der Waals surface area (Å²) >= 11 is 0. The van der Waals surface area contributed by atoms with Gasteiger partial charge in [-0.3, -0.25) is 4.99 Å². The molecule has 9 heteroatoms. The highest BCUT2D eigenvalue weighted by molar-refractivity contribution is 5.79. The summed E-state index contributed by atoms with van der Waals surface area (Å²) in [5.41, 5.74) is 0.809. The number of benzene rings is 1. The lowest BCUT2D eigenvalue weighted by atomic mass is 10.2. The molecular formula is C16H24F3N3O3. The Labute approximate surface area is 145 Å². The summed E-state index contributed by atoms with van der Waals surface area (Å²) in [4.78, 5) is 4.08. The predicted octanol–water partition coefficient (Wildman–Crippen LogP) is 2.34. The molecule has 0 fully saturated rings. The van der Waals surface area contributed by atoms with Gasteiger partial charge in [-0.15, -0.1) is 0 Å². The summed E-state index contributed by atoms with van der Waals surface area (Å²) in [7, 11) is 3.02. The molecule has 0 aliphatic heterocycles. The van der Waals surface area contributed by atoms with E-state index < -0.39 is 12.8 Å². The Bertz CT molecular complexity index is 551. The van der Waals surface area contributed by atoms with Gasteiger partial charge in [0.2, 0.25) is 0 Å². The van der Waals surface area contributed by atoms with Crippen LogP contribution in [0.15, 0.2) is 23.2 Å². The largest absolute Gasteiger partial charge is 0.493 e. The van der Waals surface area contributed by atoms with Crippen LogP contribution in [-0.2, 0) is 11.3 Å². The Morgan fingerprint density at radius 1 is 1.20 bits per heavy atom. The first-order chi connectivity index (χ1) is 11.9. The van der Waals surface area contributed by atoms with Crippen molar-refractivity contribution in [1.29, 1.82) is 0 Å². The van der Waals surface area contributed by atoms with Gasteiger partial charge in [0.25, 0.3) is 0 Å². The first-order valence-corrected chi connectivity index (χ1v) is 7.78. The second-order valence-electron chi connectivity index (χ2n) is 4.94. The molecule has 142 valence electrons. The van der Waals surface area contributed by atoms with Gasteiger partial charge >= 0.3 is 6.18 Å². The average molecular weight is 363 g/mol. The van der Waals surface area contributed by atoms with Crippen molar-refractivity contribution >= 4 is 5.96 Å². The van der Waals surface area contributed by atoms with Crippen molar-refractivity contribution in [2.45, 2.75) is 19.6 Å². The Morgan fingerprint density at radius 2 is 1.96 bits per heavy atom. The number of nitrogens with zero attached hydrogens (tertiary/aromatic N) is 1. The van der Waals surface area contributed by atoms with E-state index in [9.17, 15) is 13.2 Å².